The number of carboxylic acid groups (broad SMARTS) is 1. The molecule has 0 aromatic rings. The van der Waals surface area contributed by atoms with Crippen LogP contribution in [-0.2, 0) is 4.79 Å². The maximum Gasteiger partial charge on any atom is 1.00 e. The molecule has 5 heteroatoms. The molecule has 0 spiro atoms. The van der Waals surface area contributed by atoms with Gasteiger partial charge in [-0.3, -0.25) is 4.79 Å². The summed E-state index contributed by atoms with van der Waals surface area (Å²) in [6, 6.07) is 0. The standard InChI is InChI=1S/C2H4O2.3Na.H2.3H/c1-2(3)4;;;;;;;/h1H3,(H,3,4);;;;1H;;;/q;3*+1;;3*-1. The Bertz CT molecular complexity index is 44.3. The molecule has 0 bridgehead atoms. The first-order valence-electron chi connectivity index (χ1n) is 0.928. The van der Waals surface area contributed by atoms with Crippen LogP contribution in [0.3, 0.4) is 0 Å². The Morgan fingerprint density at radius 1 is 1.57 bits per heavy atom. The zero-order valence-corrected chi connectivity index (χ0v) is 11.4. The summed E-state index contributed by atoms with van der Waals surface area (Å²) in [7, 11) is 0. The van der Waals surface area contributed by atoms with Crippen molar-refractivity contribution in [3.05, 3.63) is 0 Å². The fourth-order valence-corrected chi connectivity index (χ4v) is 0. The monoisotopic (exact) mass is 134 g/mol. The number of carboxylic acids is 1. The molecule has 0 saturated heterocycles. The third-order valence-electron chi connectivity index (χ3n) is 0. The molecular formula is C2H9Na3O2. The van der Waals surface area contributed by atoms with Crippen molar-refractivity contribution >= 4 is 5.97 Å². The van der Waals surface area contributed by atoms with E-state index >= 15 is 0 Å². The fraction of sp³-hybridized carbons (Fsp3) is 0.500. The zero-order valence-electron chi connectivity index (χ0n) is 8.36. The van der Waals surface area contributed by atoms with Gasteiger partial charge in [0.05, 0.1) is 0 Å². The summed E-state index contributed by atoms with van der Waals surface area (Å²) in [4.78, 5) is 9.00. The minimum Gasteiger partial charge on any atom is -1.00 e. The molecule has 0 amide bonds. The third-order valence-corrected chi connectivity index (χ3v) is 0. The number of aliphatic carboxylic acids is 1. The molecule has 0 aliphatic heterocycles. The van der Waals surface area contributed by atoms with Gasteiger partial charge in [-0.25, -0.2) is 0 Å². The number of hydrogen-bond donors (Lipinski definition) is 1. The summed E-state index contributed by atoms with van der Waals surface area (Å²) in [5.74, 6) is -0.833. The van der Waals surface area contributed by atoms with E-state index in [2.05, 4.69) is 0 Å². The van der Waals surface area contributed by atoms with Gasteiger partial charge < -0.3 is 9.39 Å². The Hall–Kier alpha value is 2.47. The van der Waals surface area contributed by atoms with Crippen LogP contribution in [0.4, 0.5) is 0 Å². The van der Waals surface area contributed by atoms with Crippen molar-refractivity contribution in [3.8, 4) is 0 Å². The summed E-state index contributed by atoms with van der Waals surface area (Å²) in [6.07, 6.45) is 0. The Balaban J connectivity index is -0.00000000214. The van der Waals surface area contributed by atoms with E-state index in [1.165, 1.54) is 0 Å². The zero-order chi connectivity index (χ0) is 3.58. The van der Waals surface area contributed by atoms with Crippen LogP contribution in [-0.4, -0.2) is 11.1 Å². The van der Waals surface area contributed by atoms with Crippen LogP contribution in [0.15, 0.2) is 0 Å². The Morgan fingerprint density at radius 2 is 1.57 bits per heavy atom. The van der Waals surface area contributed by atoms with Crippen LogP contribution >= 0.6 is 0 Å². The molecule has 0 aliphatic carbocycles. The van der Waals surface area contributed by atoms with E-state index in [1.807, 2.05) is 0 Å². The van der Waals surface area contributed by atoms with Crippen molar-refractivity contribution in [2.45, 2.75) is 6.92 Å². The minimum atomic E-state index is -0.833. The van der Waals surface area contributed by atoms with Crippen molar-refractivity contribution in [1.82, 2.24) is 0 Å². The predicted octanol–water partition coefficient (Wildman–Crippen LogP) is -8.31. The van der Waals surface area contributed by atoms with Crippen molar-refractivity contribution in [2.75, 3.05) is 0 Å². The second kappa shape index (κ2) is 15.8. The van der Waals surface area contributed by atoms with Gasteiger partial charge in [0.2, 0.25) is 0 Å². The van der Waals surface area contributed by atoms with Crippen molar-refractivity contribution < 1.29 is 104 Å². The Kier molecular flexibility index (Phi) is 51.2. The molecule has 0 aromatic carbocycles. The molecule has 2 nitrogen and oxygen atoms in total. The normalized spacial score (nSPS) is 3.57. The molecule has 0 unspecified atom stereocenters. The molecule has 0 aliphatic rings. The van der Waals surface area contributed by atoms with E-state index < -0.39 is 5.97 Å². The number of rotatable bonds is 0. The van der Waals surface area contributed by atoms with Gasteiger partial charge in [0.15, 0.2) is 0 Å². The van der Waals surface area contributed by atoms with Crippen LogP contribution in [0.1, 0.15) is 12.6 Å². The minimum absolute atomic E-state index is 0. The maximum absolute atomic E-state index is 9.00. The SMILES string of the molecule is CC(=O)O.[H-].[H-].[H-].[HH].[Na+].[Na+].[Na+]. The molecule has 0 atom stereocenters. The summed E-state index contributed by atoms with van der Waals surface area (Å²) in [5, 5.41) is 7.42. The average Bonchev–Trinajstić information content (AvgIpc) is 0.811. The second-order valence-electron chi connectivity index (χ2n) is 0.519. The van der Waals surface area contributed by atoms with Crippen molar-refractivity contribution in [3.63, 3.8) is 0 Å². The van der Waals surface area contributed by atoms with Gasteiger partial charge in [0.1, 0.15) is 0 Å². The summed E-state index contributed by atoms with van der Waals surface area (Å²) >= 11 is 0. The second-order valence-corrected chi connectivity index (χ2v) is 0.519. The molecule has 0 saturated carbocycles. The first-order valence-corrected chi connectivity index (χ1v) is 0.928. The third kappa shape index (κ3) is 58.1. The summed E-state index contributed by atoms with van der Waals surface area (Å²) in [6.45, 7) is 1.08. The van der Waals surface area contributed by atoms with E-state index in [9.17, 15) is 0 Å². The van der Waals surface area contributed by atoms with Crippen LogP contribution in [0.5, 0.6) is 0 Å². The van der Waals surface area contributed by atoms with Crippen molar-refractivity contribution in [2.24, 2.45) is 0 Å². The predicted molar refractivity (Wildman–Crippen MR) is 18.8 cm³/mol. The van der Waals surface area contributed by atoms with E-state index in [1.54, 1.807) is 0 Å². The summed E-state index contributed by atoms with van der Waals surface area (Å²) in [5.41, 5.74) is 0. The first-order chi connectivity index (χ1) is 1.73. The Morgan fingerprint density at radius 3 is 1.57 bits per heavy atom. The van der Waals surface area contributed by atoms with Gasteiger partial charge in [-0.05, 0) is 0 Å². The van der Waals surface area contributed by atoms with E-state index in [4.69, 9.17) is 9.90 Å². The molecular weight excluding hydrogens is 125 g/mol. The molecule has 0 radical (unpaired) electrons. The largest absolute Gasteiger partial charge is 1.00 e. The molecule has 0 fully saturated rings. The number of hydrogen-bond acceptors (Lipinski definition) is 1. The molecule has 1 N–H and O–H groups in total. The van der Waals surface area contributed by atoms with E-state index in [0.717, 1.165) is 6.92 Å². The summed E-state index contributed by atoms with van der Waals surface area (Å²) < 4.78 is 0. The molecule has 0 aromatic heterocycles. The van der Waals surface area contributed by atoms with E-state index in [-0.39, 0.29) is 94.4 Å². The fourth-order valence-electron chi connectivity index (χ4n) is 0. The average molecular weight is 134 g/mol. The quantitative estimate of drug-likeness (QED) is 0.334. The Labute approximate surface area is 115 Å². The van der Waals surface area contributed by atoms with Crippen molar-refractivity contribution in [1.29, 1.82) is 0 Å². The van der Waals surface area contributed by atoms with Crippen LogP contribution < -0.4 is 88.7 Å². The van der Waals surface area contributed by atoms with Gasteiger partial charge in [-0.1, -0.05) is 0 Å². The van der Waals surface area contributed by atoms with Gasteiger partial charge in [0, 0.05) is 8.35 Å². The van der Waals surface area contributed by atoms with Crippen LogP contribution in [0.25, 0.3) is 0 Å². The molecule has 32 valence electrons. The molecule has 0 heterocycles. The first kappa shape index (κ1) is 22.7. The van der Waals surface area contributed by atoms with Gasteiger partial charge in [0.25, 0.3) is 5.97 Å². The number of carbonyl (C=O) groups is 1. The van der Waals surface area contributed by atoms with Gasteiger partial charge >= 0.3 is 88.7 Å². The van der Waals surface area contributed by atoms with Crippen LogP contribution in [0, 0.1) is 0 Å². The topological polar surface area (TPSA) is 37.3 Å². The van der Waals surface area contributed by atoms with Crippen LogP contribution in [0.2, 0.25) is 0 Å². The van der Waals surface area contributed by atoms with Gasteiger partial charge in [-0.2, -0.15) is 0 Å². The van der Waals surface area contributed by atoms with E-state index in [0.29, 0.717) is 0 Å². The maximum atomic E-state index is 9.00. The molecule has 7 heavy (non-hydrogen) atoms. The van der Waals surface area contributed by atoms with Gasteiger partial charge in [-0.15, -0.1) is 0 Å². The smallest absolute Gasteiger partial charge is 1.00 e. The molecule has 0 rings (SSSR count).